The number of carbonyl (C=O) groups is 1. The van der Waals surface area contributed by atoms with E-state index in [1.165, 1.54) is 19.2 Å². The highest BCUT2D eigenvalue weighted by atomic mass is 35.5. The van der Waals surface area contributed by atoms with Gasteiger partial charge in [0.15, 0.2) is 0 Å². The lowest BCUT2D eigenvalue weighted by molar-refractivity contribution is -0.274. The van der Waals surface area contributed by atoms with Gasteiger partial charge < -0.3 is 20.1 Å². The molecule has 0 unspecified atom stereocenters. The summed E-state index contributed by atoms with van der Waals surface area (Å²) in [5, 5.41) is 5.83. The van der Waals surface area contributed by atoms with Crippen molar-refractivity contribution in [2.75, 3.05) is 20.2 Å². The monoisotopic (exact) mass is 368 g/mol. The molecular weight excluding hydrogens is 349 g/mol. The van der Waals surface area contributed by atoms with Crippen molar-refractivity contribution in [1.82, 2.24) is 10.6 Å². The Morgan fingerprint density at radius 2 is 2.00 bits per heavy atom. The van der Waals surface area contributed by atoms with E-state index in [-0.39, 0.29) is 47.8 Å². The highest BCUT2D eigenvalue weighted by Gasteiger charge is 2.32. The van der Waals surface area contributed by atoms with Gasteiger partial charge in [0.25, 0.3) is 0 Å². The molecular formula is C15H20ClF3N2O3. The minimum absolute atomic E-state index is 0. The lowest BCUT2D eigenvalue weighted by Gasteiger charge is -2.22. The third kappa shape index (κ3) is 6.09. The zero-order valence-electron chi connectivity index (χ0n) is 13.1. The molecule has 0 bridgehead atoms. The van der Waals surface area contributed by atoms with Gasteiger partial charge in [-0.25, -0.2) is 0 Å². The average Bonchev–Trinajstić information content (AvgIpc) is 2.52. The molecule has 1 amide bonds. The van der Waals surface area contributed by atoms with Gasteiger partial charge in [0.05, 0.1) is 7.11 Å². The van der Waals surface area contributed by atoms with Crippen molar-refractivity contribution in [3.63, 3.8) is 0 Å². The highest BCUT2D eigenvalue weighted by molar-refractivity contribution is 5.85. The molecule has 1 aliphatic heterocycles. The maximum Gasteiger partial charge on any atom is 0.573 e. The Kier molecular flexibility index (Phi) is 7.62. The van der Waals surface area contributed by atoms with Crippen LogP contribution in [0.4, 0.5) is 13.2 Å². The first-order valence-corrected chi connectivity index (χ1v) is 7.30. The zero-order chi connectivity index (χ0) is 16.9. The summed E-state index contributed by atoms with van der Waals surface area (Å²) in [5.74, 6) is -0.387. The van der Waals surface area contributed by atoms with E-state index < -0.39 is 6.36 Å². The second-order valence-corrected chi connectivity index (χ2v) is 5.26. The predicted molar refractivity (Wildman–Crippen MR) is 84.4 cm³/mol. The zero-order valence-corrected chi connectivity index (χ0v) is 13.9. The first-order valence-electron chi connectivity index (χ1n) is 7.30. The molecule has 1 aromatic rings. The van der Waals surface area contributed by atoms with Crippen LogP contribution in [0.15, 0.2) is 18.2 Å². The van der Waals surface area contributed by atoms with Crippen molar-refractivity contribution < 1.29 is 27.4 Å². The lowest BCUT2D eigenvalue weighted by atomic mass is 9.97. The predicted octanol–water partition coefficient (Wildman–Crippen LogP) is 2.63. The molecule has 2 rings (SSSR count). The maximum absolute atomic E-state index is 12.5. The second kappa shape index (κ2) is 8.98. The number of piperidine rings is 1. The summed E-state index contributed by atoms with van der Waals surface area (Å²) in [6, 6.07) is 4.12. The van der Waals surface area contributed by atoms with Crippen molar-refractivity contribution in [3.8, 4) is 11.5 Å². The standard InChI is InChI=1S/C15H19F3N2O3.ClH/c1-22-12-3-2-11(13(8-12)23-15(16,17)18)9-20-14(21)10-4-6-19-7-5-10;/h2-3,8,10,19H,4-7,9H2,1H3,(H,20,21);1H. The van der Waals surface area contributed by atoms with Crippen molar-refractivity contribution in [2.45, 2.75) is 25.7 Å². The van der Waals surface area contributed by atoms with Crippen molar-refractivity contribution >= 4 is 18.3 Å². The summed E-state index contributed by atoms with van der Waals surface area (Å²) in [6.07, 6.45) is -3.36. The number of halogens is 4. The number of benzene rings is 1. The fourth-order valence-corrected chi connectivity index (χ4v) is 2.44. The third-order valence-electron chi connectivity index (χ3n) is 3.66. The highest BCUT2D eigenvalue weighted by Crippen LogP contribution is 2.30. The Bertz CT molecular complexity index is 549. The molecule has 2 N–H and O–H groups in total. The molecule has 5 nitrogen and oxygen atoms in total. The van der Waals surface area contributed by atoms with Crippen molar-refractivity contribution in [1.29, 1.82) is 0 Å². The largest absolute Gasteiger partial charge is 0.573 e. The van der Waals surface area contributed by atoms with Gasteiger partial charge in [0.1, 0.15) is 11.5 Å². The van der Waals surface area contributed by atoms with E-state index in [0.717, 1.165) is 32.0 Å². The van der Waals surface area contributed by atoms with E-state index in [0.29, 0.717) is 0 Å². The van der Waals surface area contributed by atoms with Crippen LogP contribution in [0.2, 0.25) is 0 Å². The Balaban J connectivity index is 0.00000288. The molecule has 1 aliphatic rings. The quantitative estimate of drug-likeness (QED) is 0.839. The number of hydrogen-bond donors (Lipinski definition) is 2. The van der Waals surface area contributed by atoms with Gasteiger partial charge in [0.2, 0.25) is 5.91 Å². The molecule has 9 heteroatoms. The molecule has 1 fully saturated rings. The van der Waals surface area contributed by atoms with Crippen molar-refractivity contribution in [2.24, 2.45) is 5.92 Å². The van der Waals surface area contributed by atoms with E-state index in [9.17, 15) is 18.0 Å². The maximum atomic E-state index is 12.5. The van der Waals surface area contributed by atoms with Crippen LogP contribution in [0.3, 0.4) is 0 Å². The summed E-state index contributed by atoms with van der Waals surface area (Å²) in [5.41, 5.74) is 0.241. The lowest BCUT2D eigenvalue weighted by Crippen LogP contribution is -2.38. The summed E-state index contributed by atoms with van der Waals surface area (Å²) in [6.45, 7) is 1.50. The molecule has 136 valence electrons. The molecule has 0 saturated carbocycles. The number of nitrogens with one attached hydrogen (secondary N) is 2. The molecule has 1 heterocycles. The molecule has 0 aliphatic carbocycles. The minimum atomic E-state index is -4.81. The number of methoxy groups -OCH3 is 1. The molecule has 1 aromatic carbocycles. The van der Waals surface area contributed by atoms with Crippen LogP contribution in [0, 0.1) is 5.92 Å². The summed E-state index contributed by atoms with van der Waals surface area (Å²) >= 11 is 0. The van der Waals surface area contributed by atoms with Gasteiger partial charge in [0, 0.05) is 24.1 Å². The Hall–Kier alpha value is -1.67. The average molecular weight is 369 g/mol. The van der Waals surface area contributed by atoms with Crippen LogP contribution >= 0.6 is 12.4 Å². The van der Waals surface area contributed by atoms with E-state index in [4.69, 9.17) is 4.74 Å². The Morgan fingerprint density at radius 3 is 2.58 bits per heavy atom. The molecule has 0 radical (unpaired) electrons. The minimum Gasteiger partial charge on any atom is -0.497 e. The number of carbonyl (C=O) groups excluding carboxylic acids is 1. The normalized spacial score (nSPS) is 15.3. The Labute approximate surface area is 144 Å². The van der Waals surface area contributed by atoms with Gasteiger partial charge in [-0.05, 0) is 38.1 Å². The smallest absolute Gasteiger partial charge is 0.497 e. The van der Waals surface area contributed by atoms with Gasteiger partial charge >= 0.3 is 6.36 Å². The molecule has 0 aromatic heterocycles. The van der Waals surface area contributed by atoms with Crippen LogP contribution in [0.5, 0.6) is 11.5 Å². The fourth-order valence-electron chi connectivity index (χ4n) is 2.44. The number of amides is 1. The summed E-state index contributed by atoms with van der Waals surface area (Å²) in [7, 11) is 1.35. The van der Waals surface area contributed by atoms with Gasteiger partial charge in [-0.15, -0.1) is 25.6 Å². The van der Waals surface area contributed by atoms with Crippen molar-refractivity contribution in [3.05, 3.63) is 23.8 Å². The van der Waals surface area contributed by atoms with Crippen LogP contribution in [0.25, 0.3) is 0 Å². The molecule has 0 spiro atoms. The van der Waals surface area contributed by atoms with Crippen LogP contribution in [-0.4, -0.2) is 32.5 Å². The molecule has 24 heavy (non-hydrogen) atoms. The Morgan fingerprint density at radius 1 is 1.33 bits per heavy atom. The number of rotatable bonds is 5. The van der Waals surface area contributed by atoms with Gasteiger partial charge in [-0.1, -0.05) is 0 Å². The van der Waals surface area contributed by atoms with Gasteiger partial charge in [-0.2, -0.15) is 0 Å². The van der Waals surface area contributed by atoms with Crippen LogP contribution < -0.4 is 20.1 Å². The second-order valence-electron chi connectivity index (χ2n) is 5.26. The number of alkyl halides is 3. The third-order valence-corrected chi connectivity index (χ3v) is 3.66. The summed E-state index contributed by atoms with van der Waals surface area (Å²) < 4.78 is 46.4. The van der Waals surface area contributed by atoms with E-state index in [2.05, 4.69) is 15.4 Å². The fraction of sp³-hybridized carbons (Fsp3) is 0.533. The van der Waals surface area contributed by atoms with Gasteiger partial charge in [-0.3, -0.25) is 4.79 Å². The van der Waals surface area contributed by atoms with Crippen LogP contribution in [-0.2, 0) is 11.3 Å². The first kappa shape index (κ1) is 20.4. The van der Waals surface area contributed by atoms with Crippen LogP contribution in [0.1, 0.15) is 18.4 Å². The number of hydrogen-bond acceptors (Lipinski definition) is 4. The van der Waals surface area contributed by atoms with E-state index in [1.807, 2.05) is 0 Å². The van der Waals surface area contributed by atoms with E-state index >= 15 is 0 Å². The summed E-state index contributed by atoms with van der Waals surface area (Å²) in [4.78, 5) is 12.1. The topological polar surface area (TPSA) is 59.6 Å². The molecule has 0 atom stereocenters. The molecule has 1 saturated heterocycles. The SMILES string of the molecule is COc1ccc(CNC(=O)C2CCNCC2)c(OC(F)(F)F)c1.Cl. The van der Waals surface area contributed by atoms with E-state index in [1.54, 1.807) is 0 Å². The first-order chi connectivity index (χ1) is 10.9. The number of ether oxygens (including phenoxy) is 2.